The number of hydrogen-bond acceptors (Lipinski definition) is 2. The van der Waals surface area contributed by atoms with Gasteiger partial charge in [0.15, 0.2) is 0 Å². The van der Waals surface area contributed by atoms with Crippen molar-refractivity contribution < 1.29 is 0 Å². The molecule has 2 aromatic rings. The van der Waals surface area contributed by atoms with E-state index in [1.165, 1.54) is 9.75 Å². The highest BCUT2D eigenvalue weighted by molar-refractivity contribution is 7.15. The lowest BCUT2D eigenvalue weighted by Crippen LogP contribution is -1.90. The van der Waals surface area contributed by atoms with Gasteiger partial charge in [0, 0.05) is 26.9 Å². The second-order valence-corrected chi connectivity index (χ2v) is 4.53. The summed E-state index contributed by atoms with van der Waals surface area (Å²) < 4.78 is 0. The highest BCUT2D eigenvalue weighted by atomic mass is 35.5. The van der Waals surface area contributed by atoms with E-state index in [1.54, 1.807) is 11.3 Å². The molecule has 0 radical (unpaired) electrons. The Labute approximate surface area is 92.1 Å². The van der Waals surface area contributed by atoms with Crippen LogP contribution in [0.3, 0.4) is 0 Å². The lowest BCUT2D eigenvalue weighted by Gasteiger charge is -1.99. The maximum Gasteiger partial charge on any atom is 0.0492 e. The van der Waals surface area contributed by atoms with Gasteiger partial charge in [0.05, 0.1) is 0 Å². The van der Waals surface area contributed by atoms with Crippen molar-refractivity contribution in [2.24, 2.45) is 5.73 Å². The largest absolute Gasteiger partial charge is 0.326 e. The molecule has 0 bridgehead atoms. The SMILES string of the molecule is NCc1ccc(-c2ccccc2Cl)s1. The Morgan fingerprint density at radius 2 is 1.93 bits per heavy atom. The molecule has 0 saturated heterocycles. The van der Waals surface area contributed by atoms with Crippen molar-refractivity contribution in [1.82, 2.24) is 0 Å². The fraction of sp³-hybridized carbons (Fsp3) is 0.0909. The monoisotopic (exact) mass is 223 g/mol. The van der Waals surface area contributed by atoms with E-state index in [-0.39, 0.29) is 0 Å². The summed E-state index contributed by atoms with van der Waals surface area (Å²) in [6.45, 7) is 0.592. The summed E-state index contributed by atoms with van der Waals surface area (Å²) in [6, 6.07) is 12.0. The minimum atomic E-state index is 0.592. The first-order chi connectivity index (χ1) is 6.81. The molecule has 0 saturated carbocycles. The molecule has 1 heterocycles. The summed E-state index contributed by atoms with van der Waals surface area (Å²) in [4.78, 5) is 2.36. The molecule has 0 aliphatic rings. The van der Waals surface area contributed by atoms with Gasteiger partial charge in [0.1, 0.15) is 0 Å². The van der Waals surface area contributed by atoms with E-state index in [0.29, 0.717) is 6.54 Å². The average Bonchev–Trinajstić information content (AvgIpc) is 2.67. The lowest BCUT2D eigenvalue weighted by atomic mass is 10.2. The molecular formula is C11H10ClNS. The molecule has 72 valence electrons. The van der Waals surface area contributed by atoms with Gasteiger partial charge in [-0.3, -0.25) is 0 Å². The zero-order valence-electron chi connectivity index (χ0n) is 7.53. The Kier molecular flexibility index (Phi) is 2.87. The fourth-order valence-corrected chi connectivity index (χ4v) is 2.51. The summed E-state index contributed by atoms with van der Waals surface area (Å²) >= 11 is 7.78. The molecule has 0 spiro atoms. The quantitative estimate of drug-likeness (QED) is 0.828. The number of rotatable bonds is 2. The normalized spacial score (nSPS) is 10.4. The number of halogens is 1. The highest BCUT2D eigenvalue weighted by Crippen LogP contribution is 2.32. The van der Waals surface area contributed by atoms with Crippen molar-refractivity contribution in [3.05, 3.63) is 46.3 Å². The van der Waals surface area contributed by atoms with Crippen LogP contribution in [0, 0.1) is 0 Å². The standard InChI is InChI=1S/C11H10ClNS/c12-10-4-2-1-3-9(10)11-6-5-8(7-13)14-11/h1-6H,7,13H2. The van der Waals surface area contributed by atoms with Crippen molar-refractivity contribution in [2.45, 2.75) is 6.54 Å². The van der Waals surface area contributed by atoms with Gasteiger partial charge in [-0.15, -0.1) is 11.3 Å². The Morgan fingerprint density at radius 3 is 2.57 bits per heavy atom. The van der Waals surface area contributed by atoms with Crippen molar-refractivity contribution in [3.8, 4) is 10.4 Å². The molecule has 0 amide bonds. The smallest absolute Gasteiger partial charge is 0.0492 e. The van der Waals surface area contributed by atoms with E-state index in [4.69, 9.17) is 17.3 Å². The Hall–Kier alpha value is -0.830. The van der Waals surface area contributed by atoms with Crippen LogP contribution in [0.4, 0.5) is 0 Å². The third kappa shape index (κ3) is 1.82. The molecular weight excluding hydrogens is 214 g/mol. The van der Waals surface area contributed by atoms with Crippen molar-refractivity contribution in [1.29, 1.82) is 0 Å². The van der Waals surface area contributed by atoms with Crippen molar-refractivity contribution in [3.63, 3.8) is 0 Å². The first-order valence-electron chi connectivity index (χ1n) is 4.35. The second kappa shape index (κ2) is 4.13. The van der Waals surface area contributed by atoms with Crippen molar-refractivity contribution >= 4 is 22.9 Å². The molecule has 1 nitrogen and oxygen atoms in total. The Morgan fingerprint density at radius 1 is 1.14 bits per heavy atom. The molecule has 1 aromatic heterocycles. The molecule has 0 atom stereocenters. The molecule has 0 fully saturated rings. The molecule has 14 heavy (non-hydrogen) atoms. The Bertz CT molecular complexity index is 436. The van der Waals surface area contributed by atoms with Crippen LogP contribution in [0.25, 0.3) is 10.4 Å². The fourth-order valence-electron chi connectivity index (χ4n) is 1.29. The van der Waals surface area contributed by atoms with Gasteiger partial charge in [-0.1, -0.05) is 29.8 Å². The van der Waals surface area contributed by atoms with Crippen LogP contribution in [0.5, 0.6) is 0 Å². The first kappa shape index (κ1) is 9.71. The molecule has 3 heteroatoms. The van der Waals surface area contributed by atoms with Gasteiger partial charge in [-0.2, -0.15) is 0 Å². The van der Waals surface area contributed by atoms with Crippen molar-refractivity contribution in [2.75, 3.05) is 0 Å². The van der Waals surface area contributed by atoms with Crippen LogP contribution in [0.2, 0.25) is 5.02 Å². The van der Waals surface area contributed by atoms with Crippen LogP contribution in [-0.2, 0) is 6.54 Å². The van der Waals surface area contributed by atoms with E-state index in [0.717, 1.165) is 10.6 Å². The maximum atomic E-state index is 6.09. The minimum absolute atomic E-state index is 0.592. The molecule has 2 rings (SSSR count). The van der Waals surface area contributed by atoms with Gasteiger partial charge >= 0.3 is 0 Å². The van der Waals surface area contributed by atoms with Gasteiger partial charge in [-0.25, -0.2) is 0 Å². The minimum Gasteiger partial charge on any atom is -0.326 e. The van der Waals surface area contributed by atoms with Crippen LogP contribution in [0.15, 0.2) is 36.4 Å². The van der Waals surface area contributed by atoms with Gasteiger partial charge in [0.2, 0.25) is 0 Å². The topological polar surface area (TPSA) is 26.0 Å². The average molecular weight is 224 g/mol. The number of thiophene rings is 1. The highest BCUT2D eigenvalue weighted by Gasteiger charge is 2.04. The summed E-state index contributed by atoms with van der Waals surface area (Å²) in [5, 5.41) is 0.790. The molecule has 1 aromatic carbocycles. The van der Waals surface area contributed by atoms with Gasteiger partial charge in [0.25, 0.3) is 0 Å². The van der Waals surface area contributed by atoms with E-state index < -0.39 is 0 Å². The van der Waals surface area contributed by atoms with E-state index >= 15 is 0 Å². The summed E-state index contributed by atoms with van der Waals surface area (Å²) in [6.07, 6.45) is 0. The molecule has 0 unspecified atom stereocenters. The zero-order chi connectivity index (χ0) is 9.97. The number of hydrogen-bond donors (Lipinski definition) is 1. The number of nitrogens with two attached hydrogens (primary N) is 1. The predicted octanol–water partition coefficient (Wildman–Crippen LogP) is 3.53. The summed E-state index contributed by atoms with van der Waals surface area (Å²) in [7, 11) is 0. The molecule has 2 N–H and O–H groups in total. The Balaban J connectivity index is 2.44. The van der Waals surface area contributed by atoms with E-state index in [1.807, 2.05) is 30.3 Å². The van der Waals surface area contributed by atoms with Gasteiger partial charge < -0.3 is 5.73 Å². The first-order valence-corrected chi connectivity index (χ1v) is 5.54. The van der Waals surface area contributed by atoms with Crippen LogP contribution < -0.4 is 5.73 Å². The van der Waals surface area contributed by atoms with Crippen LogP contribution in [-0.4, -0.2) is 0 Å². The van der Waals surface area contributed by atoms with Crippen LogP contribution >= 0.6 is 22.9 Å². The summed E-state index contributed by atoms with van der Waals surface area (Å²) in [5.41, 5.74) is 6.64. The third-order valence-electron chi connectivity index (χ3n) is 2.00. The third-order valence-corrected chi connectivity index (χ3v) is 3.47. The van der Waals surface area contributed by atoms with E-state index in [2.05, 4.69) is 6.07 Å². The second-order valence-electron chi connectivity index (χ2n) is 2.95. The zero-order valence-corrected chi connectivity index (χ0v) is 9.11. The summed E-state index contributed by atoms with van der Waals surface area (Å²) in [5.74, 6) is 0. The van der Waals surface area contributed by atoms with Crippen LogP contribution in [0.1, 0.15) is 4.88 Å². The maximum absolute atomic E-state index is 6.09. The number of benzene rings is 1. The molecule has 0 aliphatic heterocycles. The van der Waals surface area contributed by atoms with E-state index in [9.17, 15) is 0 Å². The predicted molar refractivity (Wildman–Crippen MR) is 62.7 cm³/mol. The molecule has 0 aliphatic carbocycles. The van der Waals surface area contributed by atoms with Gasteiger partial charge in [-0.05, 0) is 18.2 Å². The lowest BCUT2D eigenvalue weighted by molar-refractivity contribution is 1.11.